The van der Waals surface area contributed by atoms with Gasteiger partial charge >= 0.3 is 0 Å². The second-order valence-electron chi connectivity index (χ2n) is 4.11. The molecule has 1 rings (SSSR count). The van der Waals surface area contributed by atoms with Crippen LogP contribution in [-0.4, -0.2) is 37.0 Å². The lowest BCUT2D eigenvalue weighted by Gasteiger charge is -2.17. The van der Waals surface area contributed by atoms with E-state index in [1.165, 1.54) is 5.56 Å². The lowest BCUT2D eigenvalue weighted by atomic mass is 10.1. The minimum atomic E-state index is 0.00304. The molecule has 3 nitrogen and oxygen atoms in total. The summed E-state index contributed by atoms with van der Waals surface area (Å²) in [6.07, 6.45) is 0. The van der Waals surface area contributed by atoms with Gasteiger partial charge in [-0.05, 0) is 30.8 Å². The zero-order valence-corrected chi connectivity index (χ0v) is 12.7. The van der Waals surface area contributed by atoms with Gasteiger partial charge in [-0.3, -0.25) is 4.79 Å². The molecule has 0 aliphatic heterocycles. The summed E-state index contributed by atoms with van der Waals surface area (Å²) in [6, 6.07) is 7.66. The summed E-state index contributed by atoms with van der Waals surface area (Å²) in [6.45, 7) is 7.90. The number of nitrogens with zero attached hydrogens (tertiary/aromatic N) is 1. The van der Waals surface area contributed by atoms with Crippen LogP contribution < -0.4 is 5.32 Å². The molecule has 0 aromatic heterocycles. The topological polar surface area (TPSA) is 32.3 Å². The van der Waals surface area contributed by atoms with Gasteiger partial charge in [0.2, 0.25) is 0 Å². The minimum Gasteiger partial charge on any atom is -0.351 e. The zero-order chi connectivity index (χ0) is 13.4. The number of hydrogen-bond acceptors (Lipinski definition) is 2. The molecule has 4 heteroatoms. The lowest BCUT2D eigenvalue weighted by molar-refractivity contribution is 0.0949. The fourth-order valence-electron chi connectivity index (χ4n) is 1.71. The fourth-order valence-corrected chi connectivity index (χ4v) is 2.09. The third kappa shape index (κ3) is 4.78. The molecular formula is C14H21BrN2O. The van der Waals surface area contributed by atoms with Crippen molar-refractivity contribution in [3.63, 3.8) is 0 Å². The van der Waals surface area contributed by atoms with Crippen LogP contribution in [0.25, 0.3) is 0 Å². The summed E-state index contributed by atoms with van der Waals surface area (Å²) < 4.78 is 0. The predicted molar refractivity (Wildman–Crippen MR) is 79.2 cm³/mol. The van der Waals surface area contributed by atoms with Crippen molar-refractivity contribution in [3.05, 3.63) is 35.4 Å². The predicted octanol–water partition coefficient (Wildman–Crippen LogP) is 2.65. The quantitative estimate of drug-likeness (QED) is 0.785. The summed E-state index contributed by atoms with van der Waals surface area (Å²) in [5.74, 6) is 0.00304. The standard InChI is InChI=1S/C14H21BrN2O/c1-3-17(4-2)10-9-16-14(18)13-7-5-12(11-15)6-8-13/h5-8H,3-4,9-11H2,1-2H3,(H,16,18). The second-order valence-corrected chi connectivity index (χ2v) is 4.67. The van der Waals surface area contributed by atoms with Crippen LogP contribution in [0.4, 0.5) is 0 Å². The van der Waals surface area contributed by atoms with E-state index in [4.69, 9.17) is 0 Å². The number of carbonyl (C=O) groups excluding carboxylic acids is 1. The normalized spacial score (nSPS) is 10.7. The molecule has 0 saturated carbocycles. The number of hydrogen-bond donors (Lipinski definition) is 1. The first-order valence-corrected chi connectivity index (χ1v) is 7.48. The number of benzene rings is 1. The number of halogens is 1. The van der Waals surface area contributed by atoms with Gasteiger partial charge in [-0.15, -0.1) is 0 Å². The Morgan fingerprint density at radius 3 is 2.33 bits per heavy atom. The van der Waals surface area contributed by atoms with Crippen molar-refractivity contribution in [2.24, 2.45) is 0 Å². The maximum Gasteiger partial charge on any atom is 0.251 e. The third-order valence-corrected chi connectivity index (χ3v) is 3.63. The Bertz CT molecular complexity index is 361. The highest BCUT2D eigenvalue weighted by Gasteiger charge is 2.05. The molecule has 0 aliphatic rings. The molecule has 0 heterocycles. The molecule has 0 bridgehead atoms. The molecule has 0 atom stereocenters. The first kappa shape index (κ1) is 15.2. The summed E-state index contributed by atoms with van der Waals surface area (Å²) in [7, 11) is 0. The Morgan fingerprint density at radius 2 is 1.83 bits per heavy atom. The molecule has 1 aromatic rings. The maximum atomic E-state index is 11.9. The van der Waals surface area contributed by atoms with Crippen molar-refractivity contribution in [1.29, 1.82) is 0 Å². The van der Waals surface area contributed by atoms with E-state index < -0.39 is 0 Å². The van der Waals surface area contributed by atoms with Crippen LogP contribution in [0.5, 0.6) is 0 Å². The van der Waals surface area contributed by atoms with Crippen molar-refractivity contribution in [2.75, 3.05) is 26.2 Å². The van der Waals surface area contributed by atoms with E-state index in [1.807, 2.05) is 24.3 Å². The van der Waals surface area contributed by atoms with Crippen LogP contribution in [0.15, 0.2) is 24.3 Å². The highest BCUT2D eigenvalue weighted by Crippen LogP contribution is 2.07. The molecular weight excluding hydrogens is 292 g/mol. The molecule has 0 unspecified atom stereocenters. The molecule has 1 amide bonds. The Hall–Kier alpha value is -0.870. The van der Waals surface area contributed by atoms with Crippen molar-refractivity contribution in [1.82, 2.24) is 10.2 Å². The summed E-state index contributed by atoms with van der Waals surface area (Å²) >= 11 is 3.39. The molecule has 1 aromatic carbocycles. The highest BCUT2D eigenvalue weighted by atomic mass is 79.9. The van der Waals surface area contributed by atoms with E-state index in [2.05, 4.69) is 40.0 Å². The summed E-state index contributed by atoms with van der Waals surface area (Å²) in [5, 5.41) is 3.76. The molecule has 0 aliphatic carbocycles. The Morgan fingerprint density at radius 1 is 1.22 bits per heavy atom. The van der Waals surface area contributed by atoms with Crippen molar-refractivity contribution >= 4 is 21.8 Å². The number of amides is 1. The van der Waals surface area contributed by atoms with Gasteiger partial charge in [0.25, 0.3) is 5.91 Å². The molecule has 18 heavy (non-hydrogen) atoms. The highest BCUT2D eigenvalue weighted by molar-refractivity contribution is 9.08. The monoisotopic (exact) mass is 312 g/mol. The van der Waals surface area contributed by atoms with Gasteiger partial charge < -0.3 is 10.2 Å². The Kier molecular flexibility index (Phi) is 6.98. The van der Waals surface area contributed by atoms with Gasteiger partial charge in [0, 0.05) is 24.0 Å². The van der Waals surface area contributed by atoms with Gasteiger partial charge in [-0.2, -0.15) is 0 Å². The first-order valence-electron chi connectivity index (χ1n) is 6.36. The average molecular weight is 313 g/mol. The van der Waals surface area contributed by atoms with E-state index in [9.17, 15) is 4.79 Å². The number of carbonyl (C=O) groups is 1. The van der Waals surface area contributed by atoms with Crippen molar-refractivity contribution in [3.8, 4) is 0 Å². The lowest BCUT2D eigenvalue weighted by Crippen LogP contribution is -2.34. The zero-order valence-electron chi connectivity index (χ0n) is 11.1. The van der Waals surface area contributed by atoms with E-state index in [1.54, 1.807) is 0 Å². The molecule has 0 radical (unpaired) electrons. The van der Waals surface area contributed by atoms with Gasteiger partial charge in [0.15, 0.2) is 0 Å². The van der Waals surface area contributed by atoms with E-state index in [-0.39, 0.29) is 5.91 Å². The van der Waals surface area contributed by atoms with Gasteiger partial charge in [0.1, 0.15) is 0 Å². The molecule has 1 N–H and O–H groups in total. The minimum absolute atomic E-state index is 0.00304. The van der Waals surface area contributed by atoms with Crippen LogP contribution in [-0.2, 0) is 5.33 Å². The average Bonchev–Trinajstić information content (AvgIpc) is 2.43. The van der Waals surface area contributed by atoms with Crippen molar-refractivity contribution in [2.45, 2.75) is 19.2 Å². The summed E-state index contributed by atoms with van der Waals surface area (Å²) in [4.78, 5) is 14.1. The largest absolute Gasteiger partial charge is 0.351 e. The van der Waals surface area contributed by atoms with Crippen LogP contribution in [0.1, 0.15) is 29.8 Å². The SMILES string of the molecule is CCN(CC)CCNC(=O)c1ccc(CBr)cc1. The maximum absolute atomic E-state index is 11.9. The van der Waals surface area contributed by atoms with Gasteiger partial charge in [-0.25, -0.2) is 0 Å². The van der Waals surface area contributed by atoms with E-state index in [0.717, 1.165) is 30.5 Å². The number of nitrogens with one attached hydrogen (secondary N) is 1. The van der Waals surface area contributed by atoms with E-state index >= 15 is 0 Å². The van der Waals surface area contributed by atoms with Gasteiger partial charge in [0.05, 0.1) is 0 Å². The first-order chi connectivity index (χ1) is 8.71. The molecule has 0 saturated heterocycles. The molecule has 100 valence electrons. The van der Waals surface area contributed by atoms with Crippen LogP contribution in [0.2, 0.25) is 0 Å². The molecule has 0 spiro atoms. The van der Waals surface area contributed by atoms with Crippen LogP contribution in [0, 0.1) is 0 Å². The van der Waals surface area contributed by atoms with Crippen molar-refractivity contribution < 1.29 is 4.79 Å². The van der Waals surface area contributed by atoms with E-state index in [0.29, 0.717) is 6.54 Å². The number of likely N-dealkylation sites (N-methyl/N-ethyl adjacent to an activating group) is 1. The fraction of sp³-hybridized carbons (Fsp3) is 0.500. The second kappa shape index (κ2) is 8.27. The Balaban J connectivity index is 2.40. The van der Waals surface area contributed by atoms with Gasteiger partial charge in [-0.1, -0.05) is 41.9 Å². The third-order valence-electron chi connectivity index (χ3n) is 2.98. The number of alkyl halides is 1. The smallest absolute Gasteiger partial charge is 0.251 e. The van der Waals surface area contributed by atoms with Crippen LogP contribution >= 0.6 is 15.9 Å². The van der Waals surface area contributed by atoms with Crippen LogP contribution in [0.3, 0.4) is 0 Å². The summed E-state index contributed by atoms with van der Waals surface area (Å²) in [5.41, 5.74) is 1.90. The number of rotatable bonds is 7. The molecule has 0 fully saturated rings. The Labute approximate surface area is 118 Å².